The van der Waals surface area contributed by atoms with Crippen LogP contribution in [0, 0.1) is 17.7 Å². The lowest BCUT2D eigenvalue weighted by Gasteiger charge is -1.99. The topological polar surface area (TPSA) is 26.0 Å². The highest BCUT2D eigenvalue weighted by molar-refractivity contribution is 9.11. The molecule has 0 bridgehead atoms. The molecule has 4 heteroatoms. The Morgan fingerprint density at radius 1 is 1.38 bits per heavy atom. The van der Waals surface area contributed by atoms with Gasteiger partial charge in [-0.1, -0.05) is 27.8 Å². The molecule has 13 heavy (non-hydrogen) atoms. The highest BCUT2D eigenvalue weighted by Crippen LogP contribution is 2.24. The molecule has 1 aromatic carbocycles. The summed E-state index contributed by atoms with van der Waals surface area (Å²) in [7, 11) is 0. The van der Waals surface area contributed by atoms with Gasteiger partial charge in [-0.2, -0.15) is 0 Å². The minimum atomic E-state index is -0.359. The van der Waals surface area contributed by atoms with E-state index < -0.39 is 0 Å². The first kappa shape index (κ1) is 10.7. The van der Waals surface area contributed by atoms with Gasteiger partial charge in [-0.25, -0.2) is 4.39 Å². The van der Waals surface area contributed by atoms with Crippen molar-refractivity contribution in [3.8, 4) is 11.8 Å². The van der Waals surface area contributed by atoms with Crippen molar-refractivity contribution in [2.24, 2.45) is 5.73 Å². The summed E-state index contributed by atoms with van der Waals surface area (Å²) in [5.74, 6) is 4.89. The molecule has 0 aliphatic carbocycles. The van der Waals surface area contributed by atoms with Crippen LogP contribution in [0.15, 0.2) is 21.1 Å². The molecule has 2 N–H and O–H groups in total. The predicted octanol–water partition coefficient (Wildman–Crippen LogP) is 2.66. The monoisotopic (exact) mass is 305 g/mol. The molecule has 0 saturated heterocycles. The summed E-state index contributed by atoms with van der Waals surface area (Å²) in [4.78, 5) is 0. The summed E-state index contributed by atoms with van der Waals surface area (Å²) in [6.07, 6.45) is 0. The van der Waals surface area contributed by atoms with E-state index in [2.05, 4.69) is 43.7 Å². The summed E-state index contributed by atoms with van der Waals surface area (Å²) in [6.45, 7) is 0.224. The van der Waals surface area contributed by atoms with Gasteiger partial charge in [0.1, 0.15) is 5.82 Å². The van der Waals surface area contributed by atoms with E-state index in [1.807, 2.05) is 0 Å². The van der Waals surface area contributed by atoms with Gasteiger partial charge in [0.2, 0.25) is 0 Å². The molecule has 0 spiro atoms. The largest absolute Gasteiger partial charge is 0.320 e. The smallest absolute Gasteiger partial charge is 0.141 e. The van der Waals surface area contributed by atoms with Crippen molar-refractivity contribution < 1.29 is 4.39 Å². The summed E-state index contributed by atoms with van der Waals surface area (Å²) in [5, 5.41) is 0. The van der Waals surface area contributed by atoms with Gasteiger partial charge in [0.25, 0.3) is 0 Å². The van der Waals surface area contributed by atoms with E-state index >= 15 is 0 Å². The zero-order chi connectivity index (χ0) is 9.84. The van der Waals surface area contributed by atoms with Crippen LogP contribution >= 0.6 is 31.9 Å². The van der Waals surface area contributed by atoms with E-state index in [9.17, 15) is 4.39 Å². The van der Waals surface area contributed by atoms with Gasteiger partial charge in [0.05, 0.1) is 12.1 Å². The van der Waals surface area contributed by atoms with Crippen LogP contribution in [0.1, 0.15) is 5.56 Å². The van der Waals surface area contributed by atoms with Gasteiger partial charge >= 0.3 is 0 Å². The number of halogens is 3. The average molecular weight is 307 g/mol. The average Bonchev–Trinajstić information content (AvgIpc) is 2.02. The maximum atomic E-state index is 13.2. The van der Waals surface area contributed by atoms with Crippen LogP contribution in [-0.4, -0.2) is 6.54 Å². The molecule has 68 valence electrons. The molecule has 0 amide bonds. The molecule has 0 saturated carbocycles. The molecule has 0 radical (unpaired) electrons. The van der Waals surface area contributed by atoms with Crippen LogP contribution in [0.3, 0.4) is 0 Å². The highest BCUT2D eigenvalue weighted by atomic mass is 79.9. The fourth-order valence-electron chi connectivity index (χ4n) is 0.801. The lowest BCUT2D eigenvalue weighted by atomic mass is 10.2. The number of nitrogens with two attached hydrogens (primary N) is 1. The van der Waals surface area contributed by atoms with E-state index in [4.69, 9.17) is 5.73 Å². The van der Waals surface area contributed by atoms with Crippen molar-refractivity contribution in [1.82, 2.24) is 0 Å². The first-order valence-electron chi connectivity index (χ1n) is 3.48. The third-order valence-corrected chi connectivity index (χ3v) is 2.41. The Bertz CT molecular complexity index is 356. The van der Waals surface area contributed by atoms with Crippen LogP contribution in [-0.2, 0) is 0 Å². The molecule has 0 aliphatic heterocycles. The van der Waals surface area contributed by atoms with Crippen LogP contribution in [0.2, 0.25) is 0 Å². The second-order valence-electron chi connectivity index (χ2n) is 2.25. The predicted molar refractivity (Wildman–Crippen MR) is 57.7 cm³/mol. The Morgan fingerprint density at radius 3 is 2.62 bits per heavy atom. The Morgan fingerprint density at radius 2 is 2.08 bits per heavy atom. The molecule has 0 unspecified atom stereocenters. The maximum Gasteiger partial charge on any atom is 0.141 e. The number of hydrogen-bond acceptors (Lipinski definition) is 1. The van der Waals surface area contributed by atoms with E-state index in [1.54, 1.807) is 6.07 Å². The molecule has 1 aromatic rings. The third-order valence-electron chi connectivity index (χ3n) is 1.32. The third kappa shape index (κ3) is 2.80. The van der Waals surface area contributed by atoms with Gasteiger partial charge < -0.3 is 5.73 Å². The molecular weight excluding hydrogens is 301 g/mol. The lowest BCUT2D eigenvalue weighted by molar-refractivity contribution is 0.622. The van der Waals surface area contributed by atoms with Crippen molar-refractivity contribution in [2.45, 2.75) is 0 Å². The fraction of sp³-hybridized carbons (Fsp3) is 0.111. The van der Waals surface area contributed by atoms with E-state index in [0.29, 0.717) is 14.5 Å². The van der Waals surface area contributed by atoms with Crippen molar-refractivity contribution in [3.05, 3.63) is 32.5 Å². The molecule has 0 heterocycles. The van der Waals surface area contributed by atoms with Crippen LogP contribution < -0.4 is 5.73 Å². The van der Waals surface area contributed by atoms with E-state index in [-0.39, 0.29) is 12.4 Å². The van der Waals surface area contributed by atoms with Crippen LogP contribution in [0.5, 0.6) is 0 Å². The standard InChI is InChI=1S/C9H6Br2FN/c10-6-4-8(11)7(2-1-3-13)9(12)5-6/h4-5H,3,13H2. The Hall–Kier alpha value is -0.370. The summed E-state index contributed by atoms with van der Waals surface area (Å²) in [5.41, 5.74) is 5.53. The number of benzene rings is 1. The second-order valence-corrected chi connectivity index (χ2v) is 4.02. The SMILES string of the molecule is NCC#Cc1c(F)cc(Br)cc1Br. The Labute approximate surface area is 92.8 Å². The molecule has 1 nitrogen and oxygen atoms in total. The zero-order valence-corrected chi connectivity index (χ0v) is 9.75. The normalized spacial score (nSPS) is 9.23. The highest BCUT2D eigenvalue weighted by Gasteiger charge is 2.05. The zero-order valence-electron chi connectivity index (χ0n) is 6.57. The van der Waals surface area contributed by atoms with E-state index in [1.165, 1.54) is 6.07 Å². The fourth-order valence-corrected chi connectivity index (χ4v) is 2.07. The summed E-state index contributed by atoms with van der Waals surface area (Å²) in [6, 6.07) is 3.11. The molecule has 0 fully saturated rings. The summed E-state index contributed by atoms with van der Waals surface area (Å²) < 4.78 is 14.5. The number of hydrogen-bond donors (Lipinski definition) is 1. The molecule has 0 aliphatic rings. The number of rotatable bonds is 0. The van der Waals surface area contributed by atoms with Gasteiger partial charge in [-0.3, -0.25) is 0 Å². The summed E-state index contributed by atoms with van der Waals surface area (Å²) >= 11 is 6.39. The second kappa shape index (κ2) is 4.75. The van der Waals surface area contributed by atoms with Gasteiger partial charge in [-0.05, 0) is 28.1 Å². The Kier molecular flexibility index (Phi) is 3.91. The molecule has 1 rings (SSSR count). The van der Waals surface area contributed by atoms with Crippen molar-refractivity contribution in [2.75, 3.05) is 6.54 Å². The van der Waals surface area contributed by atoms with Gasteiger partial charge in [0, 0.05) is 8.95 Å². The maximum absolute atomic E-state index is 13.2. The first-order valence-corrected chi connectivity index (χ1v) is 5.07. The molecule has 0 atom stereocenters. The van der Waals surface area contributed by atoms with E-state index in [0.717, 1.165) is 0 Å². The molecular formula is C9H6Br2FN. The van der Waals surface area contributed by atoms with Crippen LogP contribution in [0.25, 0.3) is 0 Å². The van der Waals surface area contributed by atoms with Crippen molar-refractivity contribution >= 4 is 31.9 Å². The minimum absolute atomic E-state index is 0.224. The quantitative estimate of drug-likeness (QED) is 0.733. The van der Waals surface area contributed by atoms with Gasteiger partial charge in [-0.15, -0.1) is 0 Å². The Balaban J connectivity index is 3.21. The van der Waals surface area contributed by atoms with Crippen molar-refractivity contribution in [3.63, 3.8) is 0 Å². The lowest BCUT2D eigenvalue weighted by Crippen LogP contribution is -1.94. The molecule has 0 aromatic heterocycles. The van der Waals surface area contributed by atoms with Crippen molar-refractivity contribution in [1.29, 1.82) is 0 Å². The first-order chi connectivity index (χ1) is 6.15. The van der Waals surface area contributed by atoms with Crippen LogP contribution in [0.4, 0.5) is 4.39 Å². The minimum Gasteiger partial charge on any atom is -0.320 e. The van der Waals surface area contributed by atoms with Gasteiger partial charge in [0.15, 0.2) is 0 Å².